The maximum Gasteiger partial charge on any atom is 0.407 e. The van der Waals surface area contributed by atoms with E-state index in [9.17, 15) is 18.0 Å². The van der Waals surface area contributed by atoms with Crippen LogP contribution in [0.1, 0.15) is 44.2 Å². The van der Waals surface area contributed by atoms with Crippen LogP contribution in [0.3, 0.4) is 0 Å². The van der Waals surface area contributed by atoms with Crippen molar-refractivity contribution in [1.82, 2.24) is 9.62 Å². The molecule has 0 aliphatic heterocycles. The minimum Gasteiger partial charge on any atom is -0.460 e. The van der Waals surface area contributed by atoms with Crippen molar-refractivity contribution in [2.45, 2.75) is 57.3 Å². The first-order valence-electron chi connectivity index (χ1n) is 14.9. The van der Waals surface area contributed by atoms with Crippen molar-refractivity contribution in [2.24, 2.45) is 5.92 Å². The second-order valence-electron chi connectivity index (χ2n) is 11.0. The van der Waals surface area contributed by atoms with Crippen LogP contribution >= 0.6 is 0 Å². The molecule has 4 aromatic rings. The zero-order chi connectivity index (χ0) is 31.4. The van der Waals surface area contributed by atoms with Gasteiger partial charge in [0.05, 0.1) is 4.90 Å². The third-order valence-corrected chi connectivity index (χ3v) is 9.04. The molecule has 9 heteroatoms. The quantitative estimate of drug-likeness (QED) is 0.118. The van der Waals surface area contributed by atoms with Crippen molar-refractivity contribution < 1.29 is 27.5 Å². The number of sulfonamides is 1. The highest BCUT2D eigenvalue weighted by atomic mass is 32.2. The zero-order valence-corrected chi connectivity index (χ0v) is 26.0. The monoisotopic (exact) mass is 616 g/mol. The second-order valence-corrected chi connectivity index (χ2v) is 12.9. The van der Waals surface area contributed by atoms with Gasteiger partial charge in [0, 0.05) is 18.5 Å². The normalized spacial score (nSPS) is 12.3. The molecule has 1 amide bonds. The number of hydrogen-bond donors (Lipinski definition) is 1. The average molecular weight is 617 g/mol. The molecule has 232 valence electrons. The predicted octanol–water partition coefficient (Wildman–Crippen LogP) is 6.70. The molecule has 0 bridgehead atoms. The van der Waals surface area contributed by atoms with Crippen molar-refractivity contribution in [3.8, 4) is 0 Å². The first kappa shape index (κ1) is 32.7. The lowest BCUT2D eigenvalue weighted by molar-refractivity contribution is -0.150. The van der Waals surface area contributed by atoms with Gasteiger partial charge in [0.2, 0.25) is 10.0 Å². The van der Waals surface area contributed by atoms with Crippen LogP contribution in [0.15, 0.2) is 108 Å². The Balaban J connectivity index is 1.49. The Morgan fingerprint density at radius 3 is 2.00 bits per heavy atom. The molecule has 0 fully saturated rings. The fourth-order valence-electron chi connectivity index (χ4n) is 4.93. The standard InChI is InChI=1S/C35H40N2O6S/c1-27(2)24-37(44(40,41)33-22-13-19-30-18-9-10-20-31(30)33)32(34(38)42-25-28-14-5-3-6-15-28)21-11-12-23-36-35(39)43-26-29-16-7-4-8-17-29/h3-10,13-20,22,27,32H,11-12,21,23-26H2,1-2H3,(H,36,39)/t32-/m0/s1. The molecule has 4 aromatic carbocycles. The van der Waals surface area contributed by atoms with E-state index in [1.807, 2.05) is 92.7 Å². The molecule has 0 aliphatic rings. The number of nitrogens with zero attached hydrogens (tertiary/aromatic N) is 1. The van der Waals surface area contributed by atoms with Gasteiger partial charge < -0.3 is 14.8 Å². The third kappa shape index (κ3) is 9.14. The van der Waals surface area contributed by atoms with Crippen molar-refractivity contribution in [3.63, 3.8) is 0 Å². The molecule has 0 aromatic heterocycles. The van der Waals surface area contributed by atoms with E-state index in [1.165, 1.54) is 4.31 Å². The number of carbonyl (C=O) groups is 2. The molecule has 8 nitrogen and oxygen atoms in total. The van der Waals surface area contributed by atoms with Gasteiger partial charge in [0.15, 0.2) is 0 Å². The van der Waals surface area contributed by atoms with Crippen molar-refractivity contribution in [2.75, 3.05) is 13.1 Å². The van der Waals surface area contributed by atoms with E-state index in [2.05, 4.69) is 5.32 Å². The van der Waals surface area contributed by atoms with E-state index in [0.29, 0.717) is 24.8 Å². The average Bonchev–Trinajstić information content (AvgIpc) is 3.04. The summed E-state index contributed by atoms with van der Waals surface area (Å²) < 4.78 is 40.9. The van der Waals surface area contributed by atoms with E-state index in [1.54, 1.807) is 24.3 Å². The van der Waals surface area contributed by atoms with Crippen LogP contribution in [-0.4, -0.2) is 43.9 Å². The molecular formula is C35H40N2O6S. The molecule has 1 N–H and O–H groups in total. The number of fused-ring (bicyclic) bond motifs is 1. The molecule has 0 aliphatic carbocycles. The summed E-state index contributed by atoms with van der Waals surface area (Å²) in [6.07, 6.45) is 0.689. The van der Waals surface area contributed by atoms with Crippen LogP contribution in [-0.2, 0) is 37.5 Å². The molecule has 0 spiro atoms. The van der Waals surface area contributed by atoms with Gasteiger partial charge in [0.25, 0.3) is 0 Å². The summed E-state index contributed by atoms with van der Waals surface area (Å²) in [5.41, 5.74) is 1.70. The number of nitrogens with one attached hydrogen (secondary N) is 1. The van der Waals surface area contributed by atoms with Gasteiger partial charge in [0.1, 0.15) is 19.3 Å². The molecule has 0 heterocycles. The lowest BCUT2D eigenvalue weighted by Crippen LogP contribution is -2.47. The predicted molar refractivity (Wildman–Crippen MR) is 171 cm³/mol. The SMILES string of the molecule is CC(C)CN([C@@H](CCCCNC(=O)OCc1ccccc1)C(=O)OCc1ccccc1)S(=O)(=O)c1cccc2ccccc12. The van der Waals surface area contributed by atoms with Crippen LogP contribution in [0.4, 0.5) is 4.79 Å². The number of ether oxygens (including phenoxy) is 2. The molecule has 1 atom stereocenters. The van der Waals surface area contributed by atoms with Crippen LogP contribution in [0.2, 0.25) is 0 Å². The van der Waals surface area contributed by atoms with Gasteiger partial charge in [-0.05, 0) is 47.8 Å². The molecule has 0 saturated carbocycles. The third-order valence-electron chi connectivity index (χ3n) is 7.11. The molecule has 44 heavy (non-hydrogen) atoms. The summed E-state index contributed by atoms with van der Waals surface area (Å²) in [6, 6.07) is 30.1. The molecule has 0 unspecified atom stereocenters. The summed E-state index contributed by atoms with van der Waals surface area (Å²) in [6.45, 7) is 4.50. The van der Waals surface area contributed by atoms with E-state index in [0.717, 1.165) is 16.5 Å². The summed E-state index contributed by atoms with van der Waals surface area (Å²) >= 11 is 0. The highest BCUT2D eigenvalue weighted by molar-refractivity contribution is 7.89. The summed E-state index contributed by atoms with van der Waals surface area (Å²) in [5, 5.41) is 4.12. The lowest BCUT2D eigenvalue weighted by atomic mass is 10.1. The highest BCUT2D eigenvalue weighted by Gasteiger charge is 2.37. The lowest BCUT2D eigenvalue weighted by Gasteiger charge is -2.31. The Kier molecular flexibility index (Phi) is 11.9. The van der Waals surface area contributed by atoms with Gasteiger partial charge in [-0.1, -0.05) is 111 Å². The Morgan fingerprint density at radius 2 is 1.34 bits per heavy atom. The van der Waals surface area contributed by atoms with Crippen LogP contribution in [0.25, 0.3) is 10.8 Å². The van der Waals surface area contributed by atoms with Crippen molar-refractivity contribution in [3.05, 3.63) is 114 Å². The van der Waals surface area contributed by atoms with Crippen LogP contribution in [0.5, 0.6) is 0 Å². The number of rotatable bonds is 15. The summed E-state index contributed by atoms with van der Waals surface area (Å²) in [5.74, 6) is -0.654. The van der Waals surface area contributed by atoms with Gasteiger partial charge in [-0.2, -0.15) is 4.31 Å². The Bertz CT molecular complexity index is 1610. The number of alkyl carbamates (subject to hydrolysis) is 1. The van der Waals surface area contributed by atoms with E-state index >= 15 is 0 Å². The maximum atomic E-state index is 14.3. The van der Waals surface area contributed by atoms with E-state index < -0.39 is 28.1 Å². The maximum absolute atomic E-state index is 14.3. The fraction of sp³-hybridized carbons (Fsp3) is 0.314. The summed E-state index contributed by atoms with van der Waals surface area (Å²) in [4.78, 5) is 26.0. The number of esters is 1. The first-order chi connectivity index (χ1) is 21.3. The zero-order valence-electron chi connectivity index (χ0n) is 25.2. The largest absolute Gasteiger partial charge is 0.460 e. The molecular weight excluding hydrogens is 576 g/mol. The van der Waals surface area contributed by atoms with E-state index in [4.69, 9.17) is 9.47 Å². The highest BCUT2D eigenvalue weighted by Crippen LogP contribution is 2.29. The topological polar surface area (TPSA) is 102 Å². The van der Waals surface area contributed by atoms with Crippen LogP contribution < -0.4 is 5.32 Å². The Labute approximate surface area is 260 Å². The number of hydrogen-bond acceptors (Lipinski definition) is 6. The minimum absolute atomic E-state index is 0.0365. The smallest absolute Gasteiger partial charge is 0.407 e. The first-order valence-corrected chi connectivity index (χ1v) is 16.3. The minimum atomic E-state index is -4.10. The summed E-state index contributed by atoms with van der Waals surface area (Å²) in [7, 11) is -4.10. The number of benzene rings is 4. The molecule has 0 radical (unpaired) electrons. The van der Waals surface area contributed by atoms with E-state index in [-0.39, 0.29) is 37.0 Å². The van der Waals surface area contributed by atoms with Gasteiger partial charge >= 0.3 is 12.1 Å². The number of amides is 1. The Morgan fingerprint density at radius 1 is 0.750 bits per heavy atom. The second kappa shape index (κ2) is 16.0. The van der Waals surface area contributed by atoms with Crippen molar-refractivity contribution >= 4 is 32.9 Å². The van der Waals surface area contributed by atoms with Gasteiger partial charge in [-0.15, -0.1) is 0 Å². The van der Waals surface area contributed by atoms with Crippen molar-refractivity contribution in [1.29, 1.82) is 0 Å². The fourth-order valence-corrected chi connectivity index (χ4v) is 6.92. The van der Waals surface area contributed by atoms with Gasteiger partial charge in [-0.25, -0.2) is 13.2 Å². The number of carbonyl (C=O) groups excluding carboxylic acids is 2. The molecule has 4 rings (SSSR count). The van der Waals surface area contributed by atoms with Crippen LogP contribution in [0, 0.1) is 5.92 Å². The number of unbranched alkanes of at least 4 members (excludes halogenated alkanes) is 1. The molecule has 0 saturated heterocycles. The van der Waals surface area contributed by atoms with Gasteiger partial charge in [-0.3, -0.25) is 4.79 Å². The Hall–Kier alpha value is -4.21.